The third-order valence-electron chi connectivity index (χ3n) is 2.92. The molecule has 1 atom stereocenters. The highest BCUT2D eigenvalue weighted by molar-refractivity contribution is 7.10. The van der Waals surface area contributed by atoms with Gasteiger partial charge in [-0.15, -0.1) is 11.3 Å². The highest BCUT2D eigenvalue weighted by Crippen LogP contribution is 2.30. The molecule has 0 bridgehead atoms. The molecule has 0 spiro atoms. The summed E-state index contributed by atoms with van der Waals surface area (Å²) in [6, 6.07) is 4.58. The first-order valence-electron chi connectivity index (χ1n) is 5.63. The van der Waals surface area contributed by atoms with Crippen molar-refractivity contribution in [3.05, 3.63) is 40.1 Å². The maximum atomic E-state index is 13.8. The standard InChI is InChI=1S/C12H14F2N4S/c1-7(10-4-3-5-19-10)18(2)12-9(14)6-8(13)11(16-12)17-15/h3-7H,15H2,1-2H3,(H,16,17). The van der Waals surface area contributed by atoms with Gasteiger partial charge >= 0.3 is 0 Å². The number of hydrazine groups is 1. The van der Waals surface area contributed by atoms with Crippen LogP contribution in [0.15, 0.2) is 23.6 Å². The third kappa shape index (κ3) is 2.66. The highest BCUT2D eigenvalue weighted by atomic mass is 32.1. The molecule has 0 aliphatic carbocycles. The Hall–Kier alpha value is -1.73. The van der Waals surface area contributed by atoms with Gasteiger partial charge in [0.1, 0.15) is 0 Å². The lowest BCUT2D eigenvalue weighted by Gasteiger charge is -2.25. The SMILES string of the molecule is CC(c1cccs1)N(C)c1nc(NN)c(F)cc1F. The fourth-order valence-electron chi connectivity index (χ4n) is 1.71. The molecule has 0 saturated heterocycles. The van der Waals surface area contributed by atoms with E-state index in [2.05, 4.69) is 10.4 Å². The van der Waals surface area contributed by atoms with Crippen LogP contribution in [0.3, 0.4) is 0 Å². The molecule has 3 N–H and O–H groups in total. The first-order chi connectivity index (χ1) is 9.04. The van der Waals surface area contributed by atoms with Crippen molar-refractivity contribution in [2.75, 3.05) is 17.4 Å². The molecule has 0 aliphatic heterocycles. The van der Waals surface area contributed by atoms with Crippen LogP contribution in [-0.2, 0) is 0 Å². The van der Waals surface area contributed by atoms with E-state index in [1.54, 1.807) is 23.3 Å². The quantitative estimate of drug-likeness (QED) is 0.669. The van der Waals surface area contributed by atoms with Crippen LogP contribution in [-0.4, -0.2) is 12.0 Å². The largest absolute Gasteiger partial charge is 0.350 e. The molecule has 2 heterocycles. The van der Waals surface area contributed by atoms with Crippen LogP contribution in [0.5, 0.6) is 0 Å². The van der Waals surface area contributed by atoms with Gasteiger partial charge in [0.2, 0.25) is 0 Å². The second-order valence-corrected chi connectivity index (χ2v) is 5.05. The molecule has 4 nitrogen and oxygen atoms in total. The summed E-state index contributed by atoms with van der Waals surface area (Å²) in [6.07, 6.45) is 0. The number of pyridine rings is 1. The molecule has 19 heavy (non-hydrogen) atoms. The lowest BCUT2D eigenvalue weighted by Crippen LogP contribution is -2.24. The zero-order valence-corrected chi connectivity index (χ0v) is 11.3. The van der Waals surface area contributed by atoms with Crippen LogP contribution < -0.4 is 16.2 Å². The molecule has 102 valence electrons. The van der Waals surface area contributed by atoms with Crippen molar-refractivity contribution in [3.8, 4) is 0 Å². The van der Waals surface area contributed by atoms with E-state index in [1.165, 1.54) is 0 Å². The van der Waals surface area contributed by atoms with Crippen LogP contribution in [0.1, 0.15) is 17.8 Å². The van der Waals surface area contributed by atoms with E-state index < -0.39 is 11.6 Å². The van der Waals surface area contributed by atoms with Gasteiger partial charge in [-0.05, 0) is 18.4 Å². The van der Waals surface area contributed by atoms with Crippen LogP contribution in [0, 0.1) is 11.6 Å². The molecule has 0 radical (unpaired) electrons. The van der Waals surface area contributed by atoms with Crippen LogP contribution in [0.25, 0.3) is 0 Å². The Bertz CT molecular complexity index is 559. The zero-order chi connectivity index (χ0) is 14.0. The Morgan fingerprint density at radius 3 is 2.74 bits per heavy atom. The number of anilines is 2. The molecule has 1 unspecified atom stereocenters. The second-order valence-electron chi connectivity index (χ2n) is 4.07. The van der Waals surface area contributed by atoms with E-state index in [1.807, 2.05) is 24.4 Å². The van der Waals surface area contributed by atoms with E-state index in [-0.39, 0.29) is 17.7 Å². The lowest BCUT2D eigenvalue weighted by atomic mass is 10.2. The molecule has 0 aliphatic rings. The van der Waals surface area contributed by atoms with Crippen LogP contribution >= 0.6 is 11.3 Å². The minimum absolute atomic E-state index is 0.0512. The molecule has 0 aromatic carbocycles. The fourth-order valence-corrected chi connectivity index (χ4v) is 2.54. The van der Waals surface area contributed by atoms with Gasteiger partial charge in [0.15, 0.2) is 23.3 Å². The topological polar surface area (TPSA) is 54.2 Å². The minimum atomic E-state index is -0.819. The van der Waals surface area contributed by atoms with Gasteiger partial charge in [-0.1, -0.05) is 6.07 Å². The normalized spacial score (nSPS) is 12.3. The molecular weight excluding hydrogens is 270 g/mol. The maximum absolute atomic E-state index is 13.8. The predicted molar refractivity (Wildman–Crippen MR) is 73.1 cm³/mol. The van der Waals surface area contributed by atoms with Gasteiger partial charge in [0, 0.05) is 18.0 Å². The number of nitrogens with one attached hydrogen (secondary N) is 1. The number of nitrogens with two attached hydrogens (primary N) is 1. The summed E-state index contributed by atoms with van der Waals surface area (Å²) in [5.41, 5.74) is 2.11. The van der Waals surface area contributed by atoms with Crippen molar-refractivity contribution in [1.29, 1.82) is 0 Å². The van der Waals surface area contributed by atoms with Crippen molar-refractivity contribution in [2.24, 2.45) is 5.84 Å². The average Bonchev–Trinajstić information content (AvgIpc) is 2.91. The van der Waals surface area contributed by atoms with E-state index in [9.17, 15) is 8.78 Å². The van der Waals surface area contributed by atoms with Gasteiger partial charge in [0.05, 0.1) is 6.04 Å². The Balaban J connectivity index is 2.35. The molecular formula is C12H14F2N4S. The van der Waals surface area contributed by atoms with E-state index in [0.29, 0.717) is 0 Å². The lowest BCUT2D eigenvalue weighted by molar-refractivity contribution is 0.567. The highest BCUT2D eigenvalue weighted by Gasteiger charge is 2.20. The monoisotopic (exact) mass is 284 g/mol. The van der Waals surface area contributed by atoms with Crippen LogP contribution in [0.2, 0.25) is 0 Å². The maximum Gasteiger partial charge on any atom is 0.178 e. The summed E-state index contributed by atoms with van der Waals surface area (Å²) < 4.78 is 27.1. The molecule has 2 aromatic heterocycles. The molecule has 2 rings (SSSR count). The summed E-state index contributed by atoms with van der Waals surface area (Å²) in [5, 5.41) is 1.95. The Labute approximate surface area is 113 Å². The van der Waals surface area contributed by atoms with Crippen molar-refractivity contribution in [1.82, 2.24) is 4.98 Å². The van der Waals surface area contributed by atoms with Gasteiger partial charge in [-0.25, -0.2) is 19.6 Å². The second kappa shape index (κ2) is 5.50. The molecule has 2 aromatic rings. The van der Waals surface area contributed by atoms with Crippen molar-refractivity contribution in [3.63, 3.8) is 0 Å². The van der Waals surface area contributed by atoms with E-state index >= 15 is 0 Å². The first kappa shape index (κ1) is 13.7. The van der Waals surface area contributed by atoms with E-state index in [4.69, 9.17) is 5.84 Å². The summed E-state index contributed by atoms with van der Waals surface area (Å²) >= 11 is 1.57. The molecule has 7 heteroatoms. The molecule has 0 fully saturated rings. The first-order valence-corrected chi connectivity index (χ1v) is 6.51. The number of nitrogens with zero attached hydrogens (tertiary/aromatic N) is 2. The number of hydrogen-bond acceptors (Lipinski definition) is 5. The minimum Gasteiger partial charge on any atom is -0.350 e. The number of rotatable bonds is 4. The smallest absolute Gasteiger partial charge is 0.178 e. The number of nitrogen functional groups attached to an aromatic ring is 1. The van der Waals surface area contributed by atoms with Gasteiger partial charge < -0.3 is 10.3 Å². The van der Waals surface area contributed by atoms with Crippen molar-refractivity contribution < 1.29 is 8.78 Å². The van der Waals surface area contributed by atoms with Crippen molar-refractivity contribution >= 4 is 23.0 Å². The summed E-state index contributed by atoms with van der Waals surface area (Å²) in [5.74, 6) is 3.48. The fraction of sp³-hybridized carbons (Fsp3) is 0.250. The summed E-state index contributed by atoms with van der Waals surface area (Å²) in [6.45, 7) is 1.92. The van der Waals surface area contributed by atoms with Gasteiger partial charge in [-0.2, -0.15) is 0 Å². The average molecular weight is 284 g/mol. The van der Waals surface area contributed by atoms with Crippen molar-refractivity contribution in [2.45, 2.75) is 13.0 Å². The van der Waals surface area contributed by atoms with Gasteiger partial charge in [0.25, 0.3) is 0 Å². The Kier molecular flexibility index (Phi) is 3.96. The third-order valence-corrected chi connectivity index (χ3v) is 3.96. The predicted octanol–water partition coefficient (Wildman–Crippen LogP) is 2.90. The Morgan fingerprint density at radius 1 is 1.42 bits per heavy atom. The zero-order valence-electron chi connectivity index (χ0n) is 10.5. The Morgan fingerprint density at radius 2 is 2.16 bits per heavy atom. The molecule has 0 amide bonds. The van der Waals surface area contributed by atoms with E-state index in [0.717, 1.165) is 10.9 Å². The number of hydrogen-bond donors (Lipinski definition) is 2. The molecule has 0 saturated carbocycles. The number of halogens is 2. The van der Waals surface area contributed by atoms with Crippen LogP contribution in [0.4, 0.5) is 20.4 Å². The number of aromatic nitrogens is 1. The summed E-state index contributed by atoms with van der Waals surface area (Å²) in [7, 11) is 1.70. The summed E-state index contributed by atoms with van der Waals surface area (Å²) in [4.78, 5) is 6.57. The number of thiophene rings is 1. The van der Waals surface area contributed by atoms with Gasteiger partial charge in [-0.3, -0.25) is 0 Å².